The molecule has 3 rings (SSSR count). The highest BCUT2D eigenvalue weighted by Gasteiger charge is 2.41. The second-order valence-corrected chi connectivity index (χ2v) is 8.30. The number of benzene rings is 1. The van der Waals surface area contributed by atoms with Gasteiger partial charge in [-0.05, 0) is 45.6 Å². The van der Waals surface area contributed by atoms with Gasteiger partial charge in [-0.1, -0.05) is 29.8 Å². The number of amides is 3. The third-order valence-electron chi connectivity index (χ3n) is 5.64. The Morgan fingerprint density at radius 2 is 1.89 bits per heavy atom. The summed E-state index contributed by atoms with van der Waals surface area (Å²) >= 11 is 0. The van der Waals surface area contributed by atoms with Gasteiger partial charge in [0.15, 0.2) is 0 Å². The molecule has 0 bridgehead atoms. The molecule has 0 saturated carbocycles. The molecule has 0 spiro atoms. The van der Waals surface area contributed by atoms with E-state index in [9.17, 15) is 14.4 Å². The highest BCUT2D eigenvalue weighted by molar-refractivity contribution is 5.91. The fourth-order valence-corrected chi connectivity index (χ4v) is 4.30. The Hall–Kier alpha value is -2.37. The van der Waals surface area contributed by atoms with Gasteiger partial charge < -0.3 is 15.1 Å². The lowest BCUT2D eigenvalue weighted by atomic mass is 10.0. The van der Waals surface area contributed by atoms with Gasteiger partial charge in [-0.15, -0.1) is 0 Å². The molecule has 1 aromatic carbocycles. The van der Waals surface area contributed by atoms with E-state index in [0.29, 0.717) is 32.4 Å². The second-order valence-electron chi connectivity index (χ2n) is 8.30. The van der Waals surface area contributed by atoms with Crippen molar-refractivity contribution in [3.8, 4) is 0 Å². The first kappa shape index (κ1) is 20.4. The Kier molecular flexibility index (Phi) is 6.37. The van der Waals surface area contributed by atoms with Crippen LogP contribution in [0.25, 0.3) is 0 Å². The molecule has 28 heavy (non-hydrogen) atoms. The minimum Gasteiger partial charge on any atom is -0.352 e. The molecule has 2 aliphatic rings. The molecule has 0 aliphatic carbocycles. The van der Waals surface area contributed by atoms with Crippen LogP contribution in [0.3, 0.4) is 0 Å². The van der Waals surface area contributed by atoms with Crippen molar-refractivity contribution in [1.29, 1.82) is 0 Å². The number of hydrogen-bond acceptors (Lipinski definition) is 3. The lowest BCUT2D eigenvalue weighted by molar-refractivity contribution is -0.140. The second kappa shape index (κ2) is 8.76. The summed E-state index contributed by atoms with van der Waals surface area (Å²) in [5.41, 5.74) is 2.19. The van der Waals surface area contributed by atoms with E-state index < -0.39 is 0 Å². The smallest absolute Gasteiger partial charge is 0.243 e. The quantitative estimate of drug-likeness (QED) is 0.843. The molecule has 2 saturated heterocycles. The van der Waals surface area contributed by atoms with E-state index >= 15 is 0 Å². The van der Waals surface area contributed by atoms with E-state index in [1.807, 2.05) is 49.9 Å². The van der Waals surface area contributed by atoms with Crippen molar-refractivity contribution in [3.63, 3.8) is 0 Å². The standard InChI is InChI=1S/C22H31N3O3/c1-15(2)23-22(28)19-7-8-20(26)25(19)18-9-11-24(12-10-18)21(27)14-17-6-4-5-16(3)13-17/h4-6,13,15,18-19H,7-12,14H2,1-3H3,(H,23,28). The molecule has 2 aliphatic heterocycles. The zero-order valence-corrected chi connectivity index (χ0v) is 17.1. The summed E-state index contributed by atoms with van der Waals surface area (Å²) in [7, 11) is 0. The van der Waals surface area contributed by atoms with Crippen molar-refractivity contribution in [2.75, 3.05) is 13.1 Å². The molecule has 6 heteroatoms. The number of carbonyl (C=O) groups excluding carboxylic acids is 3. The third kappa shape index (κ3) is 4.72. The highest BCUT2D eigenvalue weighted by Crippen LogP contribution is 2.27. The van der Waals surface area contributed by atoms with Gasteiger partial charge in [-0.2, -0.15) is 0 Å². The first-order valence-corrected chi connectivity index (χ1v) is 10.3. The van der Waals surface area contributed by atoms with Crippen LogP contribution >= 0.6 is 0 Å². The van der Waals surface area contributed by atoms with Crippen LogP contribution in [0.2, 0.25) is 0 Å². The van der Waals surface area contributed by atoms with Crippen LogP contribution in [0.15, 0.2) is 24.3 Å². The van der Waals surface area contributed by atoms with Crippen LogP contribution in [0.1, 0.15) is 50.7 Å². The SMILES string of the molecule is Cc1cccc(CC(=O)N2CCC(N3C(=O)CCC3C(=O)NC(C)C)CC2)c1. The maximum atomic E-state index is 12.6. The lowest BCUT2D eigenvalue weighted by Crippen LogP contribution is -2.54. The van der Waals surface area contributed by atoms with Gasteiger partial charge in [0.05, 0.1) is 6.42 Å². The largest absolute Gasteiger partial charge is 0.352 e. The number of hydrogen-bond donors (Lipinski definition) is 1. The maximum Gasteiger partial charge on any atom is 0.243 e. The number of likely N-dealkylation sites (tertiary alicyclic amines) is 2. The van der Waals surface area contributed by atoms with Crippen LogP contribution in [0.5, 0.6) is 0 Å². The summed E-state index contributed by atoms with van der Waals surface area (Å²) < 4.78 is 0. The molecular weight excluding hydrogens is 354 g/mol. The molecule has 3 amide bonds. The normalized spacial score (nSPS) is 20.7. The minimum absolute atomic E-state index is 0.0425. The summed E-state index contributed by atoms with van der Waals surface area (Å²) in [6.45, 7) is 7.16. The van der Waals surface area contributed by atoms with Gasteiger partial charge in [0, 0.05) is 31.6 Å². The maximum absolute atomic E-state index is 12.6. The van der Waals surface area contributed by atoms with Crippen molar-refractivity contribution in [2.24, 2.45) is 0 Å². The minimum atomic E-state index is -0.366. The Morgan fingerprint density at radius 1 is 1.18 bits per heavy atom. The summed E-state index contributed by atoms with van der Waals surface area (Å²) in [6, 6.07) is 7.77. The molecule has 0 radical (unpaired) electrons. The Morgan fingerprint density at radius 3 is 2.54 bits per heavy atom. The van der Waals surface area contributed by atoms with E-state index in [0.717, 1.165) is 24.0 Å². The fraction of sp³-hybridized carbons (Fsp3) is 0.591. The monoisotopic (exact) mass is 385 g/mol. The molecule has 1 aromatic rings. The third-order valence-corrected chi connectivity index (χ3v) is 5.64. The molecule has 1 unspecified atom stereocenters. The van der Waals surface area contributed by atoms with E-state index in [1.165, 1.54) is 0 Å². The van der Waals surface area contributed by atoms with Crippen molar-refractivity contribution in [1.82, 2.24) is 15.1 Å². The molecular formula is C22H31N3O3. The summed E-state index contributed by atoms with van der Waals surface area (Å²) in [4.78, 5) is 41.2. The predicted octanol–water partition coefficient (Wildman–Crippen LogP) is 2.04. The topological polar surface area (TPSA) is 69.7 Å². The first-order valence-electron chi connectivity index (χ1n) is 10.3. The average molecular weight is 386 g/mol. The Bertz CT molecular complexity index is 738. The highest BCUT2D eigenvalue weighted by atomic mass is 16.2. The molecule has 2 fully saturated rings. The number of nitrogens with one attached hydrogen (secondary N) is 1. The van der Waals surface area contributed by atoms with Crippen molar-refractivity contribution >= 4 is 17.7 Å². The van der Waals surface area contributed by atoms with E-state index in [1.54, 1.807) is 4.90 Å². The number of aryl methyl sites for hydroxylation is 1. The lowest BCUT2D eigenvalue weighted by Gasteiger charge is -2.39. The van der Waals surface area contributed by atoms with E-state index in [4.69, 9.17) is 0 Å². The van der Waals surface area contributed by atoms with Crippen molar-refractivity contribution in [2.45, 2.75) is 71.0 Å². The van der Waals surface area contributed by atoms with Crippen LogP contribution < -0.4 is 5.32 Å². The summed E-state index contributed by atoms with van der Waals surface area (Å²) in [5, 5.41) is 2.94. The number of nitrogens with zero attached hydrogens (tertiary/aromatic N) is 2. The number of rotatable bonds is 5. The van der Waals surface area contributed by atoms with Gasteiger partial charge in [-0.25, -0.2) is 0 Å². The van der Waals surface area contributed by atoms with Gasteiger partial charge in [0.1, 0.15) is 6.04 Å². The zero-order valence-electron chi connectivity index (χ0n) is 17.1. The van der Waals surface area contributed by atoms with Crippen molar-refractivity contribution in [3.05, 3.63) is 35.4 Å². The molecule has 0 aromatic heterocycles. The molecule has 2 heterocycles. The summed E-state index contributed by atoms with van der Waals surface area (Å²) in [6.07, 6.45) is 2.90. The van der Waals surface area contributed by atoms with Crippen LogP contribution in [0, 0.1) is 6.92 Å². The first-order chi connectivity index (χ1) is 13.3. The Labute approximate surface area is 167 Å². The van der Waals surface area contributed by atoms with E-state index in [-0.39, 0.29) is 35.8 Å². The van der Waals surface area contributed by atoms with Gasteiger partial charge in [-0.3, -0.25) is 14.4 Å². The zero-order chi connectivity index (χ0) is 20.3. The molecule has 152 valence electrons. The predicted molar refractivity (Wildman–Crippen MR) is 108 cm³/mol. The summed E-state index contributed by atoms with van der Waals surface area (Å²) in [5.74, 6) is 0.137. The van der Waals surface area contributed by atoms with Crippen molar-refractivity contribution < 1.29 is 14.4 Å². The molecule has 1 atom stereocenters. The molecule has 6 nitrogen and oxygen atoms in total. The number of piperidine rings is 1. The van der Waals surface area contributed by atoms with Gasteiger partial charge in [0.25, 0.3) is 0 Å². The van der Waals surface area contributed by atoms with E-state index in [2.05, 4.69) is 5.32 Å². The fourth-order valence-electron chi connectivity index (χ4n) is 4.30. The Balaban J connectivity index is 1.57. The van der Waals surface area contributed by atoms with Crippen LogP contribution in [-0.2, 0) is 20.8 Å². The van der Waals surface area contributed by atoms with Crippen LogP contribution in [-0.4, -0.2) is 58.7 Å². The average Bonchev–Trinajstić information content (AvgIpc) is 3.03. The molecule has 1 N–H and O–H groups in total. The number of carbonyl (C=O) groups is 3. The van der Waals surface area contributed by atoms with Crippen LogP contribution in [0.4, 0.5) is 0 Å². The van der Waals surface area contributed by atoms with Gasteiger partial charge in [0.2, 0.25) is 17.7 Å². The van der Waals surface area contributed by atoms with Gasteiger partial charge >= 0.3 is 0 Å².